The quantitative estimate of drug-likeness (QED) is 0.510. The molecule has 2 N–H and O–H groups in total. The van der Waals surface area contributed by atoms with Gasteiger partial charge in [-0.15, -0.1) is 0 Å². The van der Waals surface area contributed by atoms with E-state index in [1.165, 1.54) is 12.1 Å². The number of nitrogens with zero attached hydrogens (tertiary/aromatic N) is 2. The summed E-state index contributed by atoms with van der Waals surface area (Å²) in [6.07, 6.45) is 2.13. The van der Waals surface area contributed by atoms with Gasteiger partial charge in [0.2, 0.25) is 5.91 Å². The van der Waals surface area contributed by atoms with Gasteiger partial charge in [0.15, 0.2) is 0 Å². The second-order valence-corrected chi connectivity index (χ2v) is 7.35. The van der Waals surface area contributed by atoms with Crippen LogP contribution in [-0.4, -0.2) is 43.6 Å². The summed E-state index contributed by atoms with van der Waals surface area (Å²) in [4.78, 5) is 25.6. The largest absolute Gasteiger partial charge is 0.494 e. The van der Waals surface area contributed by atoms with Gasteiger partial charge in [-0.25, -0.2) is 0 Å². The number of nitrogens with one attached hydrogen (secondary N) is 2. The van der Waals surface area contributed by atoms with E-state index >= 15 is 0 Å². The number of nitro groups is 1. The van der Waals surface area contributed by atoms with Crippen LogP contribution in [0.4, 0.5) is 17.1 Å². The van der Waals surface area contributed by atoms with Crippen LogP contribution in [0.5, 0.6) is 5.75 Å². The van der Waals surface area contributed by atoms with Crippen LogP contribution in [0.1, 0.15) is 25.3 Å². The van der Waals surface area contributed by atoms with E-state index in [1.807, 2.05) is 38.2 Å². The lowest BCUT2D eigenvalue weighted by molar-refractivity contribution is -0.384. The molecule has 0 unspecified atom stereocenters. The fourth-order valence-corrected chi connectivity index (χ4v) is 3.69. The highest BCUT2D eigenvalue weighted by Gasteiger charge is 2.22. The van der Waals surface area contributed by atoms with Crippen LogP contribution < -0.4 is 20.3 Å². The molecule has 2 aromatic rings. The number of hydrogen-bond acceptors (Lipinski definition) is 6. The average molecular weight is 412 g/mol. The molecule has 8 heteroatoms. The van der Waals surface area contributed by atoms with Crippen LogP contribution in [0.2, 0.25) is 0 Å². The van der Waals surface area contributed by atoms with Gasteiger partial charge in [-0.1, -0.05) is 12.1 Å². The summed E-state index contributed by atoms with van der Waals surface area (Å²) < 4.78 is 5.42. The van der Waals surface area contributed by atoms with Crippen molar-refractivity contribution in [2.24, 2.45) is 0 Å². The first kappa shape index (κ1) is 21.6. The van der Waals surface area contributed by atoms with Crippen molar-refractivity contribution in [3.05, 3.63) is 58.1 Å². The van der Waals surface area contributed by atoms with Crippen LogP contribution in [0, 0.1) is 10.1 Å². The van der Waals surface area contributed by atoms with Crippen LogP contribution in [-0.2, 0) is 11.2 Å². The Morgan fingerprint density at radius 1 is 1.23 bits per heavy atom. The van der Waals surface area contributed by atoms with Gasteiger partial charge in [-0.3, -0.25) is 14.9 Å². The molecule has 0 saturated carbocycles. The standard InChI is InChI=1S/C22H28N4O4/c1-3-30-19-7-4-16(5-8-19)14-22(27)24-20-15-18(26(28)29)6-9-21(20)25(2)17-10-12-23-13-11-17/h4-9,15,17,23H,3,10-14H2,1-2H3,(H,24,27). The zero-order chi connectivity index (χ0) is 21.5. The van der Waals surface area contributed by atoms with Gasteiger partial charge in [0.1, 0.15) is 5.75 Å². The van der Waals surface area contributed by atoms with Crippen molar-refractivity contribution < 1.29 is 14.5 Å². The van der Waals surface area contributed by atoms with E-state index in [1.54, 1.807) is 6.07 Å². The SMILES string of the molecule is CCOc1ccc(CC(=O)Nc2cc([N+](=O)[O-])ccc2N(C)C2CCNCC2)cc1. The third-order valence-electron chi connectivity index (χ3n) is 5.30. The third-order valence-corrected chi connectivity index (χ3v) is 5.30. The Labute approximate surface area is 176 Å². The molecular weight excluding hydrogens is 384 g/mol. The first-order chi connectivity index (χ1) is 14.5. The summed E-state index contributed by atoms with van der Waals surface area (Å²) in [7, 11) is 1.97. The second kappa shape index (κ2) is 10.1. The normalized spacial score (nSPS) is 14.2. The molecule has 0 bridgehead atoms. The van der Waals surface area contributed by atoms with E-state index in [4.69, 9.17) is 4.74 Å². The molecule has 0 spiro atoms. The Bertz CT molecular complexity index is 879. The number of nitro benzene ring substituents is 1. The molecule has 0 radical (unpaired) electrons. The lowest BCUT2D eigenvalue weighted by atomic mass is 10.0. The van der Waals surface area contributed by atoms with Gasteiger partial charge in [0, 0.05) is 25.2 Å². The summed E-state index contributed by atoms with van der Waals surface area (Å²) >= 11 is 0. The highest BCUT2D eigenvalue weighted by Crippen LogP contribution is 2.32. The van der Waals surface area contributed by atoms with Crippen molar-refractivity contribution >= 4 is 23.0 Å². The predicted octanol–water partition coefficient (Wildman–Crippen LogP) is 3.36. The number of rotatable bonds is 8. The zero-order valence-corrected chi connectivity index (χ0v) is 17.4. The maximum Gasteiger partial charge on any atom is 0.271 e. The molecule has 30 heavy (non-hydrogen) atoms. The topological polar surface area (TPSA) is 96.7 Å². The Kier molecular flexibility index (Phi) is 7.24. The van der Waals surface area contributed by atoms with E-state index in [2.05, 4.69) is 15.5 Å². The Morgan fingerprint density at radius 2 is 1.93 bits per heavy atom. The minimum Gasteiger partial charge on any atom is -0.494 e. The van der Waals surface area contributed by atoms with Gasteiger partial charge >= 0.3 is 0 Å². The molecule has 3 rings (SSSR count). The summed E-state index contributed by atoms with van der Waals surface area (Å²) in [5, 5.41) is 17.5. The highest BCUT2D eigenvalue weighted by atomic mass is 16.6. The number of anilines is 2. The van der Waals surface area contributed by atoms with Gasteiger partial charge in [-0.05, 0) is 56.6 Å². The zero-order valence-electron chi connectivity index (χ0n) is 17.4. The molecule has 1 heterocycles. The number of carbonyl (C=O) groups excluding carboxylic acids is 1. The molecule has 160 valence electrons. The summed E-state index contributed by atoms with van der Waals surface area (Å²) in [6, 6.07) is 12.3. The highest BCUT2D eigenvalue weighted by molar-refractivity contribution is 5.96. The lowest BCUT2D eigenvalue weighted by Gasteiger charge is -2.34. The number of non-ortho nitro benzene ring substituents is 1. The molecule has 1 amide bonds. The first-order valence-electron chi connectivity index (χ1n) is 10.2. The van der Waals surface area contributed by atoms with E-state index in [0.717, 1.165) is 42.9 Å². The van der Waals surface area contributed by atoms with Crippen LogP contribution >= 0.6 is 0 Å². The van der Waals surface area contributed by atoms with Gasteiger partial charge in [-0.2, -0.15) is 0 Å². The summed E-state index contributed by atoms with van der Waals surface area (Å²) in [5.41, 5.74) is 2.04. The van der Waals surface area contributed by atoms with Crippen molar-refractivity contribution in [2.45, 2.75) is 32.2 Å². The Hall–Kier alpha value is -3.13. The molecule has 8 nitrogen and oxygen atoms in total. The van der Waals surface area contributed by atoms with Crippen LogP contribution in [0.25, 0.3) is 0 Å². The number of piperidine rings is 1. The lowest BCUT2D eigenvalue weighted by Crippen LogP contribution is -2.41. The van der Waals surface area contributed by atoms with Crippen LogP contribution in [0.3, 0.4) is 0 Å². The van der Waals surface area contributed by atoms with Crippen molar-refractivity contribution in [3.63, 3.8) is 0 Å². The maximum absolute atomic E-state index is 12.7. The first-order valence-corrected chi connectivity index (χ1v) is 10.2. The molecule has 1 saturated heterocycles. The summed E-state index contributed by atoms with van der Waals surface area (Å²) in [6.45, 7) is 4.36. The fraction of sp³-hybridized carbons (Fsp3) is 0.409. The van der Waals surface area contributed by atoms with Gasteiger partial charge in [0.05, 0.1) is 29.3 Å². The van der Waals surface area contributed by atoms with Crippen molar-refractivity contribution in [3.8, 4) is 5.75 Å². The van der Waals surface area contributed by atoms with E-state index in [9.17, 15) is 14.9 Å². The molecular formula is C22H28N4O4. The van der Waals surface area contributed by atoms with Crippen molar-refractivity contribution in [1.82, 2.24) is 5.32 Å². The van der Waals surface area contributed by atoms with E-state index in [0.29, 0.717) is 18.3 Å². The van der Waals surface area contributed by atoms with E-state index in [-0.39, 0.29) is 18.0 Å². The molecule has 1 fully saturated rings. The smallest absolute Gasteiger partial charge is 0.271 e. The Balaban J connectivity index is 1.77. The minimum atomic E-state index is -0.448. The van der Waals surface area contributed by atoms with Crippen molar-refractivity contribution in [2.75, 3.05) is 37.0 Å². The predicted molar refractivity (Wildman–Crippen MR) is 117 cm³/mol. The van der Waals surface area contributed by atoms with Gasteiger partial charge in [0.25, 0.3) is 5.69 Å². The molecule has 2 aromatic carbocycles. The number of amides is 1. The monoisotopic (exact) mass is 412 g/mol. The number of hydrogen-bond donors (Lipinski definition) is 2. The Morgan fingerprint density at radius 3 is 2.57 bits per heavy atom. The summed E-state index contributed by atoms with van der Waals surface area (Å²) in [5.74, 6) is 0.533. The fourth-order valence-electron chi connectivity index (χ4n) is 3.69. The maximum atomic E-state index is 12.7. The molecule has 1 aliphatic rings. The van der Waals surface area contributed by atoms with Gasteiger partial charge < -0.3 is 20.3 Å². The molecule has 0 aliphatic carbocycles. The van der Waals surface area contributed by atoms with E-state index < -0.39 is 4.92 Å². The van der Waals surface area contributed by atoms with Crippen LogP contribution in [0.15, 0.2) is 42.5 Å². The average Bonchev–Trinajstić information content (AvgIpc) is 2.75. The third kappa shape index (κ3) is 5.48. The number of ether oxygens (including phenoxy) is 1. The molecule has 1 aliphatic heterocycles. The second-order valence-electron chi connectivity index (χ2n) is 7.35. The number of carbonyl (C=O) groups is 1. The minimum absolute atomic E-state index is 0.0474. The van der Waals surface area contributed by atoms with Crippen molar-refractivity contribution in [1.29, 1.82) is 0 Å². The molecule has 0 atom stereocenters. The molecule has 0 aromatic heterocycles. The number of benzene rings is 2.